The van der Waals surface area contributed by atoms with Crippen LogP contribution in [0.4, 0.5) is 5.82 Å². The highest BCUT2D eigenvalue weighted by Gasteiger charge is 2.21. The van der Waals surface area contributed by atoms with Crippen molar-refractivity contribution in [2.45, 2.75) is 25.5 Å². The van der Waals surface area contributed by atoms with Gasteiger partial charge in [0.05, 0.1) is 6.10 Å². The molecule has 1 aromatic carbocycles. The molecule has 0 aliphatic carbocycles. The lowest BCUT2D eigenvalue weighted by molar-refractivity contribution is 0.0433. The minimum Gasteiger partial charge on any atom is -0.383 e. The molecule has 0 bridgehead atoms. The van der Waals surface area contributed by atoms with E-state index >= 15 is 0 Å². The lowest BCUT2D eigenvalue weighted by Crippen LogP contribution is -2.32. The lowest BCUT2D eigenvalue weighted by Gasteiger charge is -2.24. The number of nitrogen functional groups attached to an aromatic ring is 1. The highest BCUT2D eigenvalue weighted by atomic mass is 16.5. The Kier molecular flexibility index (Phi) is 5.09. The Bertz CT molecular complexity index is 530. The SMILES string of the molecule is CCOC(c1ccccc1)C(N)Cc1cccnc1N. The molecule has 0 saturated heterocycles. The molecule has 0 aliphatic heterocycles. The van der Waals surface area contributed by atoms with Crippen molar-refractivity contribution in [1.29, 1.82) is 0 Å². The average molecular weight is 271 g/mol. The molecule has 0 aliphatic rings. The van der Waals surface area contributed by atoms with E-state index in [1.54, 1.807) is 6.20 Å². The second-order valence-electron chi connectivity index (χ2n) is 4.70. The summed E-state index contributed by atoms with van der Waals surface area (Å²) < 4.78 is 5.82. The molecular weight excluding hydrogens is 250 g/mol. The Morgan fingerprint density at radius 1 is 1.15 bits per heavy atom. The van der Waals surface area contributed by atoms with E-state index in [1.165, 1.54) is 0 Å². The fraction of sp³-hybridized carbons (Fsp3) is 0.312. The number of hydrogen-bond acceptors (Lipinski definition) is 4. The van der Waals surface area contributed by atoms with Gasteiger partial charge < -0.3 is 16.2 Å². The monoisotopic (exact) mass is 271 g/mol. The zero-order valence-electron chi connectivity index (χ0n) is 11.7. The van der Waals surface area contributed by atoms with E-state index < -0.39 is 0 Å². The molecule has 2 unspecified atom stereocenters. The summed E-state index contributed by atoms with van der Waals surface area (Å²) in [6, 6.07) is 13.7. The van der Waals surface area contributed by atoms with Crippen LogP contribution in [0.25, 0.3) is 0 Å². The van der Waals surface area contributed by atoms with Crippen LogP contribution in [0.1, 0.15) is 24.2 Å². The van der Waals surface area contributed by atoms with Crippen LogP contribution in [0.5, 0.6) is 0 Å². The molecule has 0 amide bonds. The van der Waals surface area contributed by atoms with Gasteiger partial charge in [0.25, 0.3) is 0 Å². The fourth-order valence-electron chi connectivity index (χ4n) is 2.27. The summed E-state index contributed by atoms with van der Waals surface area (Å²) >= 11 is 0. The molecule has 4 N–H and O–H groups in total. The number of benzene rings is 1. The summed E-state index contributed by atoms with van der Waals surface area (Å²) in [4.78, 5) is 4.09. The van der Waals surface area contributed by atoms with Crippen molar-refractivity contribution in [3.05, 3.63) is 59.8 Å². The van der Waals surface area contributed by atoms with Crippen molar-refractivity contribution in [3.63, 3.8) is 0 Å². The van der Waals surface area contributed by atoms with E-state index in [2.05, 4.69) is 4.98 Å². The van der Waals surface area contributed by atoms with Crippen LogP contribution in [0.15, 0.2) is 48.7 Å². The number of nitrogens with zero attached hydrogens (tertiary/aromatic N) is 1. The Morgan fingerprint density at radius 2 is 1.90 bits per heavy atom. The lowest BCUT2D eigenvalue weighted by atomic mass is 9.97. The van der Waals surface area contributed by atoms with E-state index in [0.717, 1.165) is 11.1 Å². The van der Waals surface area contributed by atoms with Crippen molar-refractivity contribution >= 4 is 5.82 Å². The smallest absolute Gasteiger partial charge is 0.126 e. The molecule has 2 aromatic rings. The molecule has 1 heterocycles. The number of ether oxygens (including phenoxy) is 1. The molecule has 4 nitrogen and oxygen atoms in total. The van der Waals surface area contributed by atoms with Gasteiger partial charge >= 0.3 is 0 Å². The first-order valence-electron chi connectivity index (χ1n) is 6.84. The largest absolute Gasteiger partial charge is 0.383 e. The van der Waals surface area contributed by atoms with Crippen LogP contribution in [-0.4, -0.2) is 17.6 Å². The van der Waals surface area contributed by atoms with E-state index in [0.29, 0.717) is 18.8 Å². The van der Waals surface area contributed by atoms with Crippen molar-refractivity contribution in [2.75, 3.05) is 12.3 Å². The standard InChI is InChI=1S/C16H21N3O/c1-2-20-15(12-7-4-3-5-8-12)14(17)11-13-9-6-10-19-16(13)18/h3-10,14-15H,2,11,17H2,1H3,(H2,18,19). The average Bonchev–Trinajstić information content (AvgIpc) is 2.48. The summed E-state index contributed by atoms with van der Waals surface area (Å²) in [6.07, 6.45) is 2.18. The first-order valence-corrected chi connectivity index (χ1v) is 6.84. The molecule has 2 rings (SSSR count). The van der Waals surface area contributed by atoms with E-state index in [4.69, 9.17) is 16.2 Å². The van der Waals surface area contributed by atoms with Crippen molar-refractivity contribution in [2.24, 2.45) is 5.73 Å². The van der Waals surface area contributed by atoms with Crippen LogP contribution in [0.2, 0.25) is 0 Å². The van der Waals surface area contributed by atoms with Gasteiger partial charge in [0.15, 0.2) is 0 Å². The Balaban J connectivity index is 2.16. The summed E-state index contributed by atoms with van der Waals surface area (Å²) in [5.41, 5.74) is 14.2. The first-order chi connectivity index (χ1) is 9.72. The van der Waals surface area contributed by atoms with E-state index in [1.807, 2.05) is 49.4 Å². The zero-order valence-corrected chi connectivity index (χ0v) is 11.7. The molecule has 4 heteroatoms. The first kappa shape index (κ1) is 14.5. The molecule has 20 heavy (non-hydrogen) atoms. The Morgan fingerprint density at radius 3 is 2.55 bits per heavy atom. The minimum absolute atomic E-state index is 0.138. The molecule has 0 spiro atoms. The fourth-order valence-corrected chi connectivity index (χ4v) is 2.27. The predicted molar refractivity (Wildman–Crippen MR) is 81.1 cm³/mol. The highest BCUT2D eigenvalue weighted by Crippen LogP contribution is 2.23. The van der Waals surface area contributed by atoms with Crippen LogP contribution in [0.3, 0.4) is 0 Å². The number of hydrogen-bond donors (Lipinski definition) is 2. The summed E-state index contributed by atoms with van der Waals surface area (Å²) in [6.45, 7) is 2.59. The third kappa shape index (κ3) is 3.56. The number of pyridine rings is 1. The van der Waals surface area contributed by atoms with Crippen LogP contribution >= 0.6 is 0 Å². The zero-order chi connectivity index (χ0) is 14.4. The third-order valence-electron chi connectivity index (χ3n) is 3.24. The molecular formula is C16H21N3O. The van der Waals surface area contributed by atoms with Crippen LogP contribution < -0.4 is 11.5 Å². The van der Waals surface area contributed by atoms with E-state index in [-0.39, 0.29) is 12.1 Å². The van der Waals surface area contributed by atoms with Gasteiger partial charge in [0, 0.05) is 18.8 Å². The number of aromatic nitrogens is 1. The maximum Gasteiger partial charge on any atom is 0.126 e. The molecule has 0 saturated carbocycles. The molecule has 106 valence electrons. The third-order valence-corrected chi connectivity index (χ3v) is 3.24. The van der Waals surface area contributed by atoms with Crippen LogP contribution in [-0.2, 0) is 11.2 Å². The number of anilines is 1. The van der Waals surface area contributed by atoms with Crippen LogP contribution in [0, 0.1) is 0 Å². The summed E-state index contributed by atoms with van der Waals surface area (Å²) in [7, 11) is 0. The molecule has 1 aromatic heterocycles. The maximum atomic E-state index is 6.33. The molecule has 0 fully saturated rings. The van der Waals surface area contributed by atoms with Crippen molar-refractivity contribution < 1.29 is 4.74 Å². The number of rotatable bonds is 6. The van der Waals surface area contributed by atoms with Gasteiger partial charge in [-0.1, -0.05) is 36.4 Å². The van der Waals surface area contributed by atoms with Gasteiger partial charge in [-0.2, -0.15) is 0 Å². The van der Waals surface area contributed by atoms with Gasteiger partial charge in [0.1, 0.15) is 5.82 Å². The minimum atomic E-state index is -0.163. The van der Waals surface area contributed by atoms with Gasteiger partial charge in [-0.15, -0.1) is 0 Å². The van der Waals surface area contributed by atoms with Gasteiger partial charge in [0.2, 0.25) is 0 Å². The van der Waals surface area contributed by atoms with Crippen molar-refractivity contribution in [3.8, 4) is 0 Å². The van der Waals surface area contributed by atoms with Gasteiger partial charge in [-0.05, 0) is 30.5 Å². The van der Waals surface area contributed by atoms with Gasteiger partial charge in [-0.25, -0.2) is 4.98 Å². The predicted octanol–water partition coefficient (Wildman–Crippen LogP) is 2.31. The molecule has 2 atom stereocenters. The topological polar surface area (TPSA) is 74.2 Å². The summed E-state index contributed by atoms with van der Waals surface area (Å²) in [5.74, 6) is 0.534. The second-order valence-corrected chi connectivity index (χ2v) is 4.70. The second kappa shape index (κ2) is 7.03. The Hall–Kier alpha value is -1.91. The normalized spacial score (nSPS) is 13.9. The number of nitrogens with two attached hydrogens (primary N) is 2. The quantitative estimate of drug-likeness (QED) is 0.845. The van der Waals surface area contributed by atoms with E-state index in [9.17, 15) is 0 Å². The summed E-state index contributed by atoms with van der Waals surface area (Å²) in [5, 5.41) is 0. The van der Waals surface area contributed by atoms with Crippen molar-refractivity contribution in [1.82, 2.24) is 4.98 Å². The molecule has 0 radical (unpaired) electrons. The van der Waals surface area contributed by atoms with Gasteiger partial charge in [-0.3, -0.25) is 0 Å². The maximum absolute atomic E-state index is 6.33. The Labute approximate surface area is 119 Å². The highest BCUT2D eigenvalue weighted by molar-refractivity contribution is 5.39.